The van der Waals surface area contributed by atoms with E-state index in [1.165, 1.54) is 4.68 Å². The number of anilines is 1. The summed E-state index contributed by atoms with van der Waals surface area (Å²) in [4.78, 5) is 37.0. The van der Waals surface area contributed by atoms with E-state index in [1.54, 1.807) is 37.3 Å². The van der Waals surface area contributed by atoms with Gasteiger partial charge >= 0.3 is 5.97 Å². The van der Waals surface area contributed by atoms with Crippen LogP contribution < -0.4 is 10.9 Å². The number of aromatic nitrogens is 2. The normalized spacial score (nSPS) is 10.7. The fourth-order valence-corrected chi connectivity index (χ4v) is 2.94. The first-order valence-electron chi connectivity index (χ1n) is 8.94. The first kappa shape index (κ1) is 19.3. The van der Waals surface area contributed by atoms with Gasteiger partial charge in [-0.3, -0.25) is 9.59 Å². The molecule has 1 amide bonds. The molecule has 7 heteroatoms. The van der Waals surface area contributed by atoms with Gasteiger partial charge in [0.25, 0.3) is 11.5 Å². The van der Waals surface area contributed by atoms with Crippen molar-refractivity contribution in [1.82, 2.24) is 9.78 Å². The minimum Gasteiger partial charge on any atom is -0.451 e. The number of rotatable bonds is 5. The molecule has 0 saturated carbocycles. The first-order chi connectivity index (χ1) is 13.4. The topological polar surface area (TPSA) is 90.3 Å². The molecule has 0 spiro atoms. The number of aryl methyl sites for hydroxylation is 3. The van der Waals surface area contributed by atoms with Crippen molar-refractivity contribution >= 4 is 28.3 Å². The number of carbonyl (C=O) groups excluding carboxylic acids is 2. The third kappa shape index (κ3) is 3.93. The molecule has 0 saturated heterocycles. The molecule has 0 bridgehead atoms. The molecule has 28 heavy (non-hydrogen) atoms. The number of nitrogens with zero attached hydrogens (tertiary/aromatic N) is 2. The summed E-state index contributed by atoms with van der Waals surface area (Å²) in [5.74, 6) is -1.21. The molecule has 0 radical (unpaired) electrons. The zero-order valence-electron chi connectivity index (χ0n) is 16.0. The van der Waals surface area contributed by atoms with Crippen molar-refractivity contribution in [3.8, 4) is 0 Å². The largest absolute Gasteiger partial charge is 0.451 e. The van der Waals surface area contributed by atoms with Crippen LogP contribution in [0.3, 0.4) is 0 Å². The van der Waals surface area contributed by atoms with Crippen LogP contribution in [-0.4, -0.2) is 28.3 Å². The van der Waals surface area contributed by atoms with Gasteiger partial charge in [0.1, 0.15) is 0 Å². The third-order valence-electron chi connectivity index (χ3n) is 4.35. The van der Waals surface area contributed by atoms with E-state index in [0.717, 1.165) is 11.1 Å². The number of carbonyl (C=O) groups is 2. The molecule has 1 aromatic heterocycles. The van der Waals surface area contributed by atoms with Crippen LogP contribution in [0.15, 0.2) is 47.3 Å². The second kappa shape index (κ2) is 8.04. The molecular weight excluding hydrogens is 358 g/mol. The maximum Gasteiger partial charge on any atom is 0.359 e. The van der Waals surface area contributed by atoms with Crippen molar-refractivity contribution in [1.29, 1.82) is 0 Å². The van der Waals surface area contributed by atoms with E-state index in [-0.39, 0.29) is 11.3 Å². The van der Waals surface area contributed by atoms with Gasteiger partial charge in [0, 0.05) is 17.6 Å². The van der Waals surface area contributed by atoms with Crippen LogP contribution in [0.25, 0.3) is 10.8 Å². The Morgan fingerprint density at radius 1 is 1.11 bits per heavy atom. The van der Waals surface area contributed by atoms with Crippen molar-refractivity contribution in [2.75, 3.05) is 11.9 Å². The minimum absolute atomic E-state index is 0.0105. The van der Waals surface area contributed by atoms with Crippen LogP contribution in [-0.2, 0) is 16.1 Å². The van der Waals surface area contributed by atoms with E-state index < -0.39 is 18.5 Å². The second-order valence-electron chi connectivity index (χ2n) is 6.46. The highest BCUT2D eigenvalue weighted by Crippen LogP contribution is 2.16. The van der Waals surface area contributed by atoms with Crippen LogP contribution in [0.2, 0.25) is 0 Å². The molecule has 1 N–H and O–H groups in total. The molecule has 0 aliphatic heterocycles. The summed E-state index contributed by atoms with van der Waals surface area (Å²) in [5.41, 5.74) is 2.40. The van der Waals surface area contributed by atoms with Crippen LogP contribution in [0.1, 0.15) is 28.5 Å². The molecule has 0 unspecified atom stereocenters. The summed E-state index contributed by atoms with van der Waals surface area (Å²) >= 11 is 0. The third-order valence-corrected chi connectivity index (χ3v) is 4.35. The van der Waals surface area contributed by atoms with Gasteiger partial charge in [-0.2, -0.15) is 5.10 Å². The number of hydrogen-bond donors (Lipinski definition) is 1. The summed E-state index contributed by atoms with van der Waals surface area (Å²) in [6.45, 7) is 5.48. The van der Waals surface area contributed by atoms with Crippen LogP contribution in [0.5, 0.6) is 0 Å². The highest BCUT2D eigenvalue weighted by molar-refractivity contribution is 6.03. The summed E-state index contributed by atoms with van der Waals surface area (Å²) in [5, 5.41) is 7.60. The summed E-state index contributed by atoms with van der Waals surface area (Å²) in [7, 11) is 0. The Bertz CT molecular complexity index is 1120. The highest BCUT2D eigenvalue weighted by Gasteiger charge is 2.18. The number of hydrogen-bond acceptors (Lipinski definition) is 5. The maximum absolute atomic E-state index is 12.5. The summed E-state index contributed by atoms with van der Waals surface area (Å²) < 4.78 is 6.35. The summed E-state index contributed by atoms with van der Waals surface area (Å²) in [6, 6.07) is 12.3. The number of nitrogens with one attached hydrogen (secondary N) is 1. The Hall–Kier alpha value is -3.48. The lowest BCUT2D eigenvalue weighted by Crippen LogP contribution is -2.27. The molecule has 3 rings (SSSR count). The van der Waals surface area contributed by atoms with Crippen molar-refractivity contribution in [2.45, 2.75) is 27.3 Å². The number of ether oxygens (including phenoxy) is 1. The average molecular weight is 379 g/mol. The Kier molecular flexibility index (Phi) is 5.54. The van der Waals surface area contributed by atoms with Crippen molar-refractivity contribution in [3.05, 3.63) is 69.6 Å². The van der Waals surface area contributed by atoms with E-state index in [9.17, 15) is 14.4 Å². The predicted molar refractivity (Wildman–Crippen MR) is 107 cm³/mol. The van der Waals surface area contributed by atoms with Gasteiger partial charge in [-0.25, -0.2) is 9.48 Å². The smallest absolute Gasteiger partial charge is 0.359 e. The molecule has 0 aliphatic carbocycles. The quantitative estimate of drug-likeness (QED) is 0.689. The van der Waals surface area contributed by atoms with E-state index in [2.05, 4.69) is 10.4 Å². The standard InChI is InChI=1S/C21H21N3O4/c1-4-24-20(26)16-8-6-5-7-15(16)19(23-24)21(27)28-12-18(25)22-17-10-9-13(2)11-14(17)3/h5-11H,4,12H2,1-3H3,(H,22,25). The molecule has 144 valence electrons. The highest BCUT2D eigenvalue weighted by atomic mass is 16.5. The lowest BCUT2D eigenvalue weighted by molar-refractivity contribution is -0.119. The molecule has 0 fully saturated rings. The molecule has 7 nitrogen and oxygen atoms in total. The number of fused-ring (bicyclic) bond motifs is 1. The van der Waals surface area contributed by atoms with Gasteiger partial charge in [-0.05, 0) is 38.5 Å². The minimum atomic E-state index is -0.755. The van der Waals surface area contributed by atoms with Crippen molar-refractivity contribution < 1.29 is 14.3 Å². The fraction of sp³-hybridized carbons (Fsp3) is 0.238. The second-order valence-corrected chi connectivity index (χ2v) is 6.46. The van der Waals surface area contributed by atoms with Crippen LogP contribution in [0.4, 0.5) is 5.69 Å². The Balaban J connectivity index is 1.77. The van der Waals surface area contributed by atoms with Gasteiger partial charge in [-0.15, -0.1) is 0 Å². The van der Waals surface area contributed by atoms with Crippen LogP contribution >= 0.6 is 0 Å². The maximum atomic E-state index is 12.5. The Morgan fingerprint density at radius 3 is 2.50 bits per heavy atom. The molecule has 3 aromatic rings. The molecule has 2 aromatic carbocycles. The van der Waals surface area contributed by atoms with Gasteiger partial charge < -0.3 is 10.1 Å². The predicted octanol–water partition coefficient (Wildman–Crippen LogP) is 2.83. The SMILES string of the molecule is CCn1nc(C(=O)OCC(=O)Nc2ccc(C)cc2C)c2ccccc2c1=O. The Labute approximate surface area is 161 Å². The van der Waals surface area contributed by atoms with Gasteiger partial charge in [0.2, 0.25) is 0 Å². The number of benzene rings is 2. The lowest BCUT2D eigenvalue weighted by atomic mass is 10.1. The zero-order valence-corrected chi connectivity index (χ0v) is 16.0. The monoisotopic (exact) mass is 379 g/mol. The van der Waals surface area contributed by atoms with Crippen LogP contribution in [0, 0.1) is 13.8 Å². The van der Waals surface area contributed by atoms with E-state index in [1.807, 2.05) is 26.0 Å². The average Bonchev–Trinajstić information content (AvgIpc) is 2.69. The molecule has 0 aliphatic rings. The Morgan fingerprint density at radius 2 is 1.82 bits per heavy atom. The lowest BCUT2D eigenvalue weighted by Gasteiger charge is -2.11. The number of amides is 1. The summed E-state index contributed by atoms with van der Waals surface area (Å²) in [6.07, 6.45) is 0. The molecular formula is C21H21N3O4. The van der Waals surface area contributed by atoms with E-state index in [4.69, 9.17) is 4.74 Å². The first-order valence-corrected chi connectivity index (χ1v) is 8.94. The van der Waals surface area contributed by atoms with E-state index >= 15 is 0 Å². The fourth-order valence-electron chi connectivity index (χ4n) is 2.94. The van der Waals surface area contributed by atoms with E-state index in [0.29, 0.717) is 23.0 Å². The van der Waals surface area contributed by atoms with Gasteiger partial charge in [-0.1, -0.05) is 35.9 Å². The van der Waals surface area contributed by atoms with Gasteiger partial charge in [0.15, 0.2) is 12.3 Å². The molecule has 0 atom stereocenters. The van der Waals surface area contributed by atoms with Gasteiger partial charge in [0.05, 0.1) is 5.39 Å². The zero-order chi connectivity index (χ0) is 20.3. The number of esters is 1. The molecule has 1 heterocycles. The van der Waals surface area contributed by atoms with Crippen molar-refractivity contribution in [3.63, 3.8) is 0 Å². The van der Waals surface area contributed by atoms with Crippen molar-refractivity contribution in [2.24, 2.45) is 0 Å².